The van der Waals surface area contributed by atoms with Crippen molar-refractivity contribution >= 4 is 29.2 Å². The third-order valence-corrected chi connectivity index (χ3v) is 4.21. The average molecular weight is 391 g/mol. The summed E-state index contributed by atoms with van der Waals surface area (Å²) in [6.45, 7) is 3.50. The van der Waals surface area contributed by atoms with Crippen LogP contribution in [0.3, 0.4) is 0 Å². The highest BCUT2D eigenvalue weighted by Crippen LogP contribution is 2.30. The number of ether oxygens (including phenoxy) is 2. The van der Waals surface area contributed by atoms with Crippen molar-refractivity contribution in [3.05, 3.63) is 29.5 Å². The topological polar surface area (TPSA) is 117 Å². The number of anilines is 2. The molecule has 1 aromatic rings. The summed E-state index contributed by atoms with van der Waals surface area (Å²) in [5, 5.41) is 14.8. The summed E-state index contributed by atoms with van der Waals surface area (Å²) in [5.41, 5.74) is 1.25. The second kappa shape index (κ2) is 9.23. The summed E-state index contributed by atoms with van der Waals surface area (Å²) in [5.74, 6) is -0.976. The van der Waals surface area contributed by atoms with E-state index in [1.165, 1.54) is 19.1 Å². The van der Waals surface area contributed by atoms with Gasteiger partial charge in [0.25, 0.3) is 5.91 Å². The Kier molecular flexibility index (Phi) is 7.00. The molecule has 2 amide bonds. The lowest BCUT2D eigenvalue weighted by molar-refractivity contribution is -0.136. The van der Waals surface area contributed by atoms with E-state index in [-0.39, 0.29) is 42.8 Å². The van der Waals surface area contributed by atoms with Crippen LogP contribution in [0.4, 0.5) is 11.4 Å². The van der Waals surface area contributed by atoms with Gasteiger partial charge in [-0.1, -0.05) is 13.8 Å². The number of methoxy groups -OCH3 is 2. The Morgan fingerprint density at radius 2 is 2.00 bits per heavy atom. The highest BCUT2D eigenvalue weighted by atomic mass is 16.5. The van der Waals surface area contributed by atoms with Gasteiger partial charge in [0.2, 0.25) is 5.91 Å². The van der Waals surface area contributed by atoms with Crippen LogP contribution in [0, 0.1) is 5.92 Å². The van der Waals surface area contributed by atoms with E-state index in [1.807, 2.05) is 0 Å². The predicted octanol–water partition coefficient (Wildman–Crippen LogP) is 0.963. The van der Waals surface area contributed by atoms with Gasteiger partial charge < -0.3 is 30.1 Å². The van der Waals surface area contributed by atoms with E-state index in [2.05, 4.69) is 10.6 Å². The van der Waals surface area contributed by atoms with Crippen molar-refractivity contribution in [2.45, 2.75) is 13.8 Å². The smallest absolute Gasteiger partial charge is 0.337 e. The molecular formula is C19H25N3O6. The van der Waals surface area contributed by atoms with Crippen molar-refractivity contribution < 1.29 is 29.0 Å². The molecule has 1 aliphatic heterocycles. The molecule has 0 aliphatic carbocycles. The van der Waals surface area contributed by atoms with Gasteiger partial charge >= 0.3 is 5.97 Å². The third kappa shape index (κ3) is 4.61. The molecule has 0 radical (unpaired) electrons. The number of aliphatic hydroxyl groups excluding tert-OH is 1. The van der Waals surface area contributed by atoms with Crippen LogP contribution in [0.5, 0.6) is 5.75 Å². The summed E-state index contributed by atoms with van der Waals surface area (Å²) >= 11 is 0. The van der Waals surface area contributed by atoms with E-state index in [0.717, 1.165) is 0 Å². The summed E-state index contributed by atoms with van der Waals surface area (Å²) < 4.78 is 10.1. The van der Waals surface area contributed by atoms with Crippen LogP contribution in [-0.2, 0) is 19.1 Å². The standard InChI is InChI=1S/C19H25N3O6/c1-11(2)17(24)21-14-6-5-12(9-15(14)27-3)20-16-13(19(26)28-4)10-22(7-8-23)18(16)25/h5-6,9,11,20,23H,7-8,10H2,1-4H3,(H,21,24). The number of rotatable bonds is 8. The summed E-state index contributed by atoms with van der Waals surface area (Å²) in [4.78, 5) is 37.9. The minimum absolute atomic E-state index is 0.0497. The normalized spacial score (nSPS) is 13.8. The minimum atomic E-state index is -0.621. The zero-order chi connectivity index (χ0) is 20.8. The fraction of sp³-hybridized carbons (Fsp3) is 0.421. The quantitative estimate of drug-likeness (QED) is 0.565. The SMILES string of the molecule is COC(=O)C1=C(Nc2ccc(NC(=O)C(C)C)c(OC)c2)C(=O)N(CCO)C1. The van der Waals surface area contributed by atoms with Crippen LogP contribution in [0.1, 0.15) is 13.8 Å². The molecule has 0 unspecified atom stereocenters. The third-order valence-electron chi connectivity index (χ3n) is 4.21. The lowest BCUT2D eigenvalue weighted by atomic mass is 10.2. The number of hydrogen-bond acceptors (Lipinski definition) is 7. The van der Waals surface area contributed by atoms with Gasteiger partial charge in [-0.25, -0.2) is 4.79 Å². The molecule has 1 aliphatic rings. The molecule has 0 saturated heterocycles. The van der Waals surface area contributed by atoms with Crippen LogP contribution < -0.4 is 15.4 Å². The lowest BCUT2D eigenvalue weighted by Gasteiger charge is -2.16. The number of β-amino-alcohol motifs (C(OH)–C–C–N with tert-alkyl or cyclic N) is 1. The molecule has 0 bridgehead atoms. The maximum atomic E-state index is 12.6. The van der Waals surface area contributed by atoms with Gasteiger partial charge in [0.1, 0.15) is 11.4 Å². The molecule has 1 heterocycles. The van der Waals surface area contributed by atoms with Gasteiger partial charge in [-0.2, -0.15) is 0 Å². The maximum Gasteiger partial charge on any atom is 0.337 e. The van der Waals surface area contributed by atoms with Crippen LogP contribution in [0.25, 0.3) is 0 Å². The van der Waals surface area contributed by atoms with E-state index >= 15 is 0 Å². The average Bonchev–Trinajstić information content (AvgIpc) is 2.98. The molecule has 2 rings (SSSR count). The molecule has 0 spiro atoms. The highest BCUT2D eigenvalue weighted by Gasteiger charge is 2.34. The lowest BCUT2D eigenvalue weighted by Crippen LogP contribution is -2.31. The molecule has 152 valence electrons. The second-order valence-electron chi connectivity index (χ2n) is 6.48. The van der Waals surface area contributed by atoms with Gasteiger partial charge in [-0.15, -0.1) is 0 Å². The molecule has 3 N–H and O–H groups in total. The van der Waals surface area contributed by atoms with Crippen molar-refractivity contribution in [2.24, 2.45) is 5.92 Å². The molecule has 0 atom stereocenters. The monoisotopic (exact) mass is 391 g/mol. The fourth-order valence-corrected chi connectivity index (χ4v) is 2.64. The molecule has 28 heavy (non-hydrogen) atoms. The Bertz CT molecular complexity index is 803. The molecular weight excluding hydrogens is 366 g/mol. The van der Waals surface area contributed by atoms with E-state index in [0.29, 0.717) is 17.1 Å². The molecule has 9 heteroatoms. The Labute approximate surface area is 163 Å². The maximum absolute atomic E-state index is 12.6. The van der Waals surface area contributed by atoms with Crippen molar-refractivity contribution in [3.8, 4) is 5.75 Å². The fourth-order valence-electron chi connectivity index (χ4n) is 2.64. The first-order valence-electron chi connectivity index (χ1n) is 8.79. The Balaban J connectivity index is 2.30. The zero-order valence-electron chi connectivity index (χ0n) is 16.4. The van der Waals surface area contributed by atoms with Crippen LogP contribution in [0.2, 0.25) is 0 Å². The van der Waals surface area contributed by atoms with Gasteiger partial charge in [-0.05, 0) is 12.1 Å². The van der Waals surface area contributed by atoms with Crippen LogP contribution in [-0.4, -0.2) is 61.7 Å². The van der Waals surface area contributed by atoms with Crippen molar-refractivity contribution in [3.63, 3.8) is 0 Å². The largest absolute Gasteiger partial charge is 0.494 e. The number of esters is 1. The van der Waals surface area contributed by atoms with Gasteiger partial charge in [0, 0.05) is 24.2 Å². The van der Waals surface area contributed by atoms with Gasteiger partial charge in [0.15, 0.2) is 0 Å². The molecule has 0 saturated carbocycles. The van der Waals surface area contributed by atoms with E-state index in [4.69, 9.17) is 14.6 Å². The number of hydrogen-bond donors (Lipinski definition) is 3. The van der Waals surface area contributed by atoms with E-state index in [9.17, 15) is 14.4 Å². The Hall–Kier alpha value is -3.07. The van der Waals surface area contributed by atoms with E-state index < -0.39 is 11.9 Å². The zero-order valence-corrected chi connectivity index (χ0v) is 16.4. The minimum Gasteiger partial charge on any atom is -0.494 e. The summed E-state index contributed by atoms with van der Waals surface area (Å²) in [6, 6.07) is 4.91. The number of carbonyl (C=O) groups is 3. The van der Waals surface area contributed by atoms with Gasteiger partial charge in [0.05, 0.1) is 38.6 Å². The van der Waals surface area contributed by atoms with Crippen molar-refractivity contribution in [1.29, 1.82) is 0 Å². The Morgan fingerprint density at radius 3 is 2.57 bits per heavy atom. The number of benzene rings is 1. The number of aliphatic hydroxyl groups is 1. The van der Waals surface area contributed by atoms with Gasteiger partial charge in [-0.3, -0.25) is 9.59 Å². The first-order chi connectivity index (χ1) is 13.3. The first-order valence-corrected chi connectivity index (χ1v) is 8.79. The highest BCUT2D eigenvalue weighted by molar-refractivity contribution is 6.08. The van der Waals surface area contributed by atoms with Crippen molar-refractivity contribution in [1.82, 2.24) is 4.90 Å². The molecule has 0 aromatic heterocycles. The Morgan fingerprint density at radius 1 is 1.29 bits per heavy atom. The number of nitrogens with zero attached hydrogens (tertiary/aromatic N) is 1. The first kappa shape index (κ1) is 21.2. The summed E-state index contributed by atoms with van der Waals surface area (Å²) in [7, 11) is 2.70. The number of amides is 2. The molecule has 0 fully saturated rings. The van der Waals surface area contributed by atoms with Crippen LogP contribution >= 0.6 is 0 Å². The van der Waals surface area contributed by atoms with E-state index in [1.54, 1.807) is 32.0 Å². The second-order valence-corrected chi connectivity index (χ2v) is 6.48. The molecule has 1 aromatic carbocycles. The number of nitrogens with one attached hydrogen (secondary N) is 2. The van der Waals surface area contributed by atoms with Crippen molar-refractivity contribution in [2.75, 3.05) is 44.5 Å². The number of carbonyl (C=O) groups excluding carboxylic acids is 3. The molecule has 9 nitrogen and oxygen atoms in total. The van der Waals surface area contributed by atoms with Crippen LogP contribution in [0.15, 0.2) is 29.5 Å². The summed E-state index contributed by atoms with van der Waals surface area (Å²) in [6.07, 6.45) is 0. The predicted molar refractivity (Wildman–Crippen MR) is 103 cm³/mol.